The molecule has 0 atom stereocenters. The first-order chi connectivity index (χ1) is 16.6. The van der Waals surface area contributed by atoms with Gasteiger partial charge in [0.2, 0.25) is 18.5 Å². The summed E-state index contributed by atoms with van der Waals surface area (Å²) in [6.45, 7) is 0.143. The normalized spacial score (nSPS) is 14.5. The summed E-state index contributed by atoms with van der Waals surface area (Å²) in [5, 5.41) is 5.23. The molecule has 0 spiro atoms. The molecular formula is C23H20N4O6S. The highest BCUT2D eigenvalue weighted by atomic mass is 32.2. The van der Waals surface area contributed by atoms with Crippen molar-refractivity contribution < 1.29 is 23.5 Å². The second-order valence-corrected chi connectivity index (χ2v) is 8.84. The highest BCUT2D eigenvalue weighted by molar-refractivity contribution is 7.98. The van der Waals surface area contributed by atoms with E-state index in [1.807, 2.05) is 6.07 Å². The summed E-state index contributed by atoms with van der Waals surface area (Å²) in [6, 6.07) is 9.04. The number of aromatic nitrogens is 4. The van der Waals surface area contributed by atoms with E-state index in [0.29, 0.717) is 56.5 Å². The molecule has 6 rings (SSSR count). The predicted molar refractivity (Wildman–Crippen MR) is 123 cm³/mol. The van der Waals surface area contributed by atoms with Crippen LogP contribution in [0.1, 0.15) is 24.8 Å². The summed E-state index contributed by atoms with van der Waals surface area (Å²) < 4.78 is 28.7. The van der Waals surface area contributed by atoms with Crippen LogP contribution in [0.2, 0.25) is 0 Å². The lowest BCUT2D eigenvalue weighted by Gasteiger charge is -2.12. The summed E-state index contributed by atoms with van der Waals surface area (Å²) in [6.07, 6.45) is 1.91. The van der Waals surface area contributed by atoms with Crippen molar-refractivity contribution in [3.8, 4) is 34.4 Å². The quantitative estimate of drug-likeness (QED) is 0.286. The number of methoxy groups -OCH3 is 2. The standard InChI is InChI=1S/C23H20N4O6S/c1-29-16-6-3-12(7-17(16)30-2)21-25-20(33-26-21)10-34-23-24-15-9-19-18(31-11-32-19)8-14(15)22(28)27(23)13-4-5-13/h3,6-9,13H,4-5,10-11H2,1-2H3. The molecule has 4 aromatic rings. The van der Waals surface area contributed by atoms with E-state index in [1.54, 1.807) is 43.1 Å². The first-order valence-electron chi connectivity index (χ1n) is 10.7. The van der Waals surface area contributed by atoms with E-state index in [0.717, 1.165) is 18.4 Å². The van der Waals surface area contributed by atoms with Crippen molar-refractivity contribution in [2.75, 3.05) is 21.0 Å². The van der Waals surface area contributed by atoms with Gasteiger partial charge in [-0.1, -0.05) is 16.9 Å². The Balaban J connectivity index is 1.29. The molecular weight excluding hydrogens is 460 g/mol. The molecule has 34 heavy (non-hydrogen) atoms. The van der Waals surface area contributed by atoms with Gasteiger partial charge >= 0.3 is 0 Å². The molecule has 11 heteroatoms. The Labute approximate surface area is 197 Å². The minimum absolute atomic E-state index is 0.0788. The van der Waals surface area contributed by atoms with Crippen molar-refractivity contribution in [1.82, 2.24) is 19.7 Å². The third-order valence-electron chi connectivity index (χ3n) is 5.71. The van der Waals surface area contributed by atoms with Crippen LogP contribution in [0.4, 0.5) is 0 Å². The van der Waals surface area contributed by atoms with Gasteiger partial charge in [-0.3, -0.25) is 9.36 Å². The molecule has 1 aliphatic carbocycles. The van der Waals surface area contributed by atoms with Crippen molar-refractivity contribution in [1.29, 1.82) is 0 Å². The fourth-order valence-electron chi connectivity index (χ4n) is 3.86. The van der Waals surface area contributed by atoms with E-state index in [-0.39, 0.29) is 18.4 Å². The zero-order chi connectivity index (χ0) is 23.2. The Kier molecular flexibility index (Phi) is 5.05. The summed E-state index contributed by atoms with van der Waals surface area (Å²) in [5.41, 5.74) is 1.24. The zero-order valence-corrected chi connectivity index (χ0v) is 19.3. The predicted octanol–water partition coefficient (Wildman–Crippen LogP) is 3.82. The molecule has 0 saturated heterocycles. The van der Waals surface area contributed by atoms with Gasteiger partial charge in [-0.15, -0.1) is 0 Å². The van der Waals surface area contributed by atoms with Crippen molar-refractivity contribution in [2.24, 2.45) is 0 Å². The average Bonchev–Trinajstić information content (AvgIpc) is 3.39. The van der Waals surface area contributed by atoms with Crippen LogP contribution in [0.5, 0.6) is 23.0 Å². The molecule has 0 amide bonds. The molecule has 2 aromatic heterocycles. The van der Waals surface area contributed by atoms with Gasteiger partial charge in [-0.2, -0.15) is 4.98 Å². The van der Waals surface area contributed by atoms with Gasteiger partial charge in [0.25, 0.3) is 5.56 Å². The Bertz CT molecular complexity index is 1460. The summed E-state index contributed by atoms with van der Waals surface area (Å²) >= 11 is 1.39. The maximum Gasteiger partial charge on any atom is 0.262 e. The maximum atomic E-state index is 13.3. The molecule has 0 unspecified atom stereocenters. The molecule has 1 saturated carbocycles. The second-order valence-electron chi connectivity index (χ2n) is 7.89. The largest absolute Gasteiger partial charge is 0.493 e. The maximum absolute atomic E-state index is 13.3. The lowest BCUT2D eigenvalue weighted by atomic mass is 10.2. The molecule has 10 nitrogen and oxygen atoms in total. The van der Waals surface area contributed by atoms with E-state index in [9.17, 15) is 4.79 Å². The Morgan fingerprint density at radius 2 is 1.85 bits per heavy atom. The molecule has 3 heterocycles. The van der Waals surface area contributed by atoms with Crippen molar-refractivity contribution in [2.45, 2.75) is 29.8 Å². The number of hydrogen-bond donors (Lipinski definition) is 0. The Morgan fingerprint density at radius 3 is 2.62 bits per heavy atom. The van der Waals surface area contributed by atoms with Crippen LogP contribution < -0.4 is 24.5 Å². The molecule has 2 aromatic carbocycles. The van der Waals surface area contributed by atoms with Crippen LogP contribution in [0.25, 0.3) is 22.3 Å². The van der Waals surface area contributed by atoms with Crippen LogP contribution in [0.3, 0.4) is 0 Å². The minimum Gasteiger partial charge on any atom is -0.493 e. The SMILES string of the molecule is COc1ccc(-c2noc(CSc3nc4cc5c(cc4c(=O)n3C3CC3)OCO5)n2)cc1OC. The lowest BCUT2D eigenvalue weighted by molar-refractivity contribution is 0.174. The first kappa shape index (κ1) is 20.8. The third-order valence-corrected chi connectivity index (χ3v) is 6.65. The number of thioether (sulfide) groups is 1. The number of fused-ring (bicyclic) bond motifs is 2. The summed E-state index contributed by atoms with van der Waals surface area (Å²) in [4.78, 5) is 22.6. The van der Waals surface area contributed by atoms with E-state index >= 15 is 0 Å². The van der Waals surface area contributed by atoms with Gasteiger partial charge in [0.05, 0.1) is 30.9 Å². The van der Waals surface area contributed by atoms with E-state index in [4.69, 9.17) is 28.5 Å². The Morgan fingerprint density at radius 1 is 1.06 bits per heavy atom. The zero-order valence-electron chi connectivity index (χ0n) is 18.4. The van der Waals surface area contributed by atoms with Crippen LogP contribution in [0, 0.1) is 0 Å². The average molecular weight is 481 g/mol. The highest BCUT2D eigenvalue weighted by Gasteiger charge is 2.29. The van der Waals surface area contributed by atoms with Crippen molar-refractivity contribution in [3.63, 3.8) is 0 Å². The molecule has 0 bridgehead atoms. The van der Waals surface area contributed by atoms with Gasteiger partial charge in [-0.05, 0) is 37.1 Å². The smallest absolute Gasteiger partial charge is 0.262 e. The topological polar surface area (TPSA) is 111 Å². The van der Waals surface area contributed by atoms with Crippen LogP contribution >= 0.6 is 11.8 Å². The van der Waals surface area contributed by atoms with E-state index in [1.165, 1.54) is 11.8 Å². The molecule has 1 fully saturated rings. The molecule has 2 aliphatic rings. The number of hydrogen-bond acceptors (Lipinski definition) is 10. The number of nitrogens with zero attached hydrogens (tertiary/aromatic N) is 4. The van der Waals surface area contributed by atoms with Gasteiger partial charge in [0.1, 0.15) is 0 Å². The summed E-state index contributed by atoms with van der Waals surface area (Å²) in [7, 11) is 3.15. The van der Waals surface area contributed by atoms with Gasteiger partial charge in [0.15, 0.2) is 28.2 Å². The lowest BCUT2D eigenvalue weighted by Crippen LogP contribution is -2.22. The van der Waals surface area contributed by atoms with E-state index < -0.39 is 0 Å². The second kappa shape index (κ2) is 8.24. The third kappa shape index (κ3) is 3.61. The molecule has 0 N–H and O–H groups in total. The van der Waals surface area contributed by atoms with Crippen LogP contribution in [0.15, 0.2) is 44.8 Å². The number of rotatable bonds is 7. The Hall–Kier alpha value is -3.73. The van der Waals surface area contributed by atoms with Gasteiger partial charge in [0, 0.05) is 17.7 Å². The molecule has 0 radical (unpaired) electrons. The number of ether oxygens (including phenoxy) is 4. The van der Waals surface area contributed by atoms with E-state index in [2.05, 4.69) is 10.1 Å². The fraction of sp³-hybridized carbons (Fsp3) is 0.304. The first-order valence-corrected chi connectivity index (χ1v) is 11.7. The minimum atomic E-state index is -0.0788. The molecule has 1 aliphatic heterocycles. The van der Waals surface area contributed by atoms with Crippen molar-refractivity contribution in [3.05, 3.63) is 46.6 Å². The molecule has 174 valence electrons. The highest BCUT2D eigenvalue weighted by Crippen LogP contribution is 2.39. The van der Waals surface area contributed by atoms with Crippen LogP contribution in [-0.4, -0.2) is 40.7 Å². The van der Waals surface area contributed by atoms with Crippen LogP contribution in [-0.2, 0) is 5.75 Å². The fourth-order valence-corrected chi connectivity index (χ4v) is 4.76. The van der Waals surface area contributed by atoms with Gasteiger partial charge in [-0.25, -0.2) is 4.98 Å². The number of benzene rings is 2. The summed E-state index contributed by atoms with van der Waals surface area (Å²) in [5.74, 6) is 3.60. The van der Waals surface area contributed by atoms with Gasteiger partial charge < -0.3 is 23.5 Å². The van der Waals surface area contributed by atoms with Crippen molar-refractivity contribution >= 4 is 22.7 Å². The monoisotopic (exact) mass is 480 g/mol.